The lowest BCUT2D eigenvalue weighted by molar-refractivity contribution is 0.265. The third kappa shape index (κ3) is 7.33. The second-order valence-electron chi connectivity index (χ2n) is 7.13. The molecule has 0 amide bonds. The van der Waals surface area contributed by atoms with Gasteiger partial charge in [0.15, 0.2) is 5.96 Å². The number of aliphatic imine (C=N–C) groups is 1. The van der Waals surface area contributed by atoms with Gasteiger partial charge in [0.1, 0.15) is 0 Å². The lowest BCUT2D eigenvalue weighted by atomic mass is 10.1. The first-order chi connectivity index (χ1) is 12.7. The van der Waals surface area contributed by atoms with Crippen LogP contribution in [-0.4, -0.2) is 64.6 Å². The Morgan fingerprint density at radius 1 is 1.32 bits per heavy atom. The number of halogens is 2. The molecular formula is C18H31ClIN5O2S. The summed E-state index contributed by atoms with van der Waals surface area (Å²) >= 11 is 5.86. The fourth-order valence-corrected chi connectivity index (χ4v) is 4.40. The third-order valence-corrected chi connectivity index (χ3v) is 6.43. The van der Waals surface area contributed by atoms with Crippen LogP contribution in [0, 0.1) is 5.92 Å². The fraction of sp³-hybridized carbons (Fsp3) is 0.611. The average molecular weight is 544 g/mol. The number of likely N-dealkylation sites (tertiary alicyclic amines) is 1. The van der Waals surface area contributed by atoms with E-state index in [1.165, 1.54) is 12.1 Å². The molecule has 1 aliphatic heterocycles. The summed E-state index contributed by atoms with van der Waals surface area (Å²) < 4.78 is 27.1. The molecule has 1 saturated heterocycles. The van der Waals surface area contributed by atoms with Crippen molar-refractivity contribution in [1.29, 1.82) is 0 Å². The number of hydrogen-bond donors (Lipinski definition) is 3. The number of sulfonamides is 1. The first-order valence-electron chi connectivity index (χ1n) is 9.19. The molecule has 1 heterocycles. The van der Waals surface area contributed by atoms with E-state index in [0.29, 0.717) is 35.5 Å². The molecule has 2 rings (SSSR count). The standard InChI is InChI=1S/C18H30ClN5O2S.HI/c1-13(2)24-11-14(3)17(12-24)23-18(20-4)21-8-9-22-27(25,26)16-7-5-6-15(19)10-16;/h5-7,10,13-14,17,22H,8-9,11-12H2,1-4H3,(H2,20,21,23);1H. The minimum absolute atomic E-state index is 0. The summed E-state index contributed by atoms with van der Waals surface area (Å²) in [7, 11) is -1.86. The summed E-state index contributed by atoms with van der Waals surface area (Å²) in [6, 6.07) is 7.05. The molecule has 28 heavy (non-hydrogen) atoms. The minimum atomic E-state index is -3.58. The topological polar surface area (TPSA) is 85.8 Å². The number of nitrogens with zero attached hydrogens (tertiary/aromatic N) is 2. The lowest BCUT2D eigenvalue weighted by Gasteiger charge is -2.22. The molecule has 2 unspecified atom stereocenters. The van der Waals surface area contributed by atoms with Crippen molar-refractivity contribution in [2.24, 2.45) is 10.9 Å². The van der Waals surface area contributed by atoms with E-state index in [1.54, 1.807) is 19.2 Å². The van der Waals surface area contributed by atoms with Gasteiger partial charge in [-0.3, -0.25) is 9.89 Å². The number of nitrogens with one attached hydrogen (secondary N) is 3. The first-order valence-corrected chi connectivity index (χ1v) is 11.1. The van der Waals surface area contributed by atoms with Crippen LogP contribution >= 0.6 is 35.6 Å². The first kappa shape index (κ1) is 25.4. The van der Waals surface area contributed by atoms with Crippen molar-refractivity contribution >= 4 is 51.6 Å². The molecule has 1 fully saturated rings. The maximum absolute atomic E-state index is 12.3. The summed E-state index contributed by atoms with van der Waals surface area (Å²) in [4.78, 5) is 6.84. The van der Waals surface area contributed by atoms with Crippen LogP contribution in [0.1, 0.15) is 20.8 Å². The second-order valence-corrected chi connectivity index (χ2v) is 9.33. The molecule has 1 aromatic rings. The van der Waals surface area contributed by atoms with Crippen LogP contribution in [0.3, 0.4) is 0 Å². The molecule has 2 atom stereocenters. The Labute approximate surface area is 190 Å². The summed E-state index contributed by atoms with van der Waals surface area (Å²) in [5, 5.41) is 6.99. The van der Waals surface area contributed by atoms with Crippen LogP contribution in [0.4, 0.5) is 0 Å². The van der Waals surface area contributed by atoms with Gasteiger partial charge in [-0.05, 0) is 38.0 Å². The normalized spacial score (nSPS) is 20.9. The molecule has 7 nitrogen and oxygen atoms in total. The molecule has 0 bridgehead atoms. The third-order valence-electron chi connectivity index (χ3n) is 4.73. The zero-order valence-electron chi connectivity index (χ0n) is 16.8. The summed E-state index contributed by atoms with van der Waals surface area (Å²) in [5.41, 5.74) is 0. The molecule has 0 saturated carbocycles. The van der Waals surface area contributed by atoms with Gasteiger partial charge >= 0.3 is 0 Å². The van der Waals surface area contributed by atoms with E-state index in [-0.39, 0.29) is 35.4 Å². The lowest BCUT2D eigenvalue weighted by Crippen LogP contribution is -2.48. The van der Waals surface area contributed by atoms with E-state index in [9.17, 15) is 8.42 Å². The van der Waals surface area contributed by atoms with Crippen molar-refractivity contribution in [1.82, 2.24) is 20.3 Å². The predicted molar refractivity (Wildman–Crippen MR) is 126 cm³/mol. The highest BCUT2D eigenvalue weighted by Gasteiger charge is 2.31. The van der Waals surface area contributed by atoms with E-state index >= 15 is 0 Å². The van der Waals surface area contributed by atoms with Gasteiger partial charge in [0.2, 0.25) is 10.0 Å². The molecule has 0 aliphatic carbocycles. The second kappa shape index (κ2) is 11.5. The minimum Gasteiger partial charge on any atom is -0.355 e. The van der Waals surface area contributed by atoms with E-state index in [0.717, 1.165) is 13.1 Å². The Morgan fingerprint density at radius 2 is 2.04 bits per heavy atom. The van der Waals surface area contributed by atoms with Crippen LogP contribution in [0.2, 0.25) is 5.02 Å². The van der Waals surface area contributed by atoms with E-state index < -0.39 is 10.0 Å². The van der Waals surface area contributed by atoms with Gasteiger partial charge in [0.25, 0.3) is 0 Å². The van der Waals surface area contributed by atoms with Gasteiger partial charge in [-0.2, -0.15) is 0 Å². The maximum atomic E-state index is 12.3. The molecule has 0 aromatic heterocycles. The monoisotopic (exact) mass is 543 g/mol. The largest absolute Gasteiger partial charge is 0.355 e. The van der Waals surface area contributed by atoms with Crippen LogP contribution < -0.4 is 15.4 Å². The molecule has 1 aromatic carbocycles. The molecule has 10 heteroatoms. The van der Waals surface area contributed by atoms with E-state index in [2.05, 4.69) is 46.0 Å². The number of hydrogen-bond acceptors (Lipinski definition) is 4. The van der Waals surface area contributed by atoms with Crippen LogP contribution in [0.25, 0.3) is 0 Å². The highest BCUT2D eigenvalue weighted by molar-refractivity contribution is 14.0. The van der Waals surface area contributed by atoms with Crippen molar-refractivity contribution in [2.75, 3.05) is 33.2 Å². The maximum Gasteiger partial charge on any atom is 0.240 e. The summed E-state index contributed by atoms with van der Waals surface area (Å²) in [6.07, 6.45) is 0. The Kier molecular flexibility index (Phi) is 10.5. The zero-order chi connectivity index (χ0) is 20.0. The molecule has 0 radical (unpaired) electrons. The molecule has 160 valence electrons. The molecular weight excluding hydrogens is 513 g/mol. The average Bonchev–Trinajstić information content (AvgIpc) is 2.98. The van der Waals surface area contributed by atoms with Crippen LogP contribution in [-0.2, 0) is 10.0 Å². The van der Waals surface area contributed by atoms with Gasteiger partial charge < -0.3 is 10.6 Å². The van der Waals surface area contributed by atoms with Gasteiger partial charge in [-0.15, -0.1) is 24.0 Å². The zero-order valence-corrected chi connectivity index (χ0v) is 20.7. The highest BCUT2D eigenvalue weighted by Crippen LogP contribution is 2.18. The van der Waals surface area contributed by atoms with Crippen molar-refractivity contribution in [3.63, 3.8) is 0 Å². The molecule has 1 aliphatic rings. The van der Waals surface area contributed by atoms with Gasteiger partial charge in [-0.1, -0.05) is 24.6 Å². The molecule has 3 N–H and O–H groups in total. The smallest absolute Gasteiger partial charge is 0.240 e. The fourth-order valence-electron chi connectivity index (χ4n) is 3.07. The van der Waals surface area contributed by atoms with E-state index in [4.69, 9.17) is 11.6 Å². The highest BCUT2D eigenvalue weighted by atomic mass is 127. The molecule has 0 spiro atoms. The van der Waals surface area contributed by atoms with Crippen molar-refractivity contribution < 1.29 is 8.42 Å². The predicted octanol–water partition coefficient (Wildman–Crippen LogP) is 2.13. The van der Waals surface area contributed by atoms with Crippen molar-refractivity contribution in [2.45, 2.75) is 37.8 Å². The summed E-state index contributed by atoms with van der Waals surface area (Å²) in [5.74, 6) is 1.20. The van der Waals surface area contributed by atoms with E-state index in [1.807, 2.05) is 0 Å². The number of guanidine groups is 1. The Hall–Kier alpha value is -0.620. The van der Waals surface area contributed by atoms with Gasteiger partial charge in [0.05, 0.1) is 4.90 Å². The summed E-state index contributed by atoms with van der Waals surface area (Å²) in [6.45, 7) is 9.34. The van der Waals surface area contributed by atoms with Crippen molar-refractivity contribution in [3.8, 4) is 0 Å². The number of benzene rings is 1. The number of rotatable bonds is 7. The SMILES string of the molecule is CN=C(NCCNS(=O)(=O)c1cccc(Cl)c1)NC1CN(C(C)C)CC1C.I. The quantitative estimate of drug-likeness (QED) is 0.212. The van der Waals surface area contributed by atoms with Crippen LogP contribution in [0.5, 0.6) is 0 Å². The van der Waals surface area contributed by atoms with Gasteiger partial charge in [0, 0.05) is 50.3 Å². The van der Waals surface area contributed by atoms with Crippen LogP contribution in [0.15, 0.2) is 34.2 Å². The Morgan fingerprint density at radius 3 is 2.61 bits per heavy atom. The van der Waals surface area contributed by atoms with Gasteiger partial charge in [-0.25, -0.2) is 13.1 Å². The van der Waals surface area contributed by atoms with Crippen molar-refractivity contribution in [3.05, 3.63) is 29.3 Å². The Balaban J connectivity index is 0.00000392. The Bertz CT molecular complexity index is 760.